The van der Waals surface area contributed by atoms with E-state index in [1.807, 2.05) is 24.3 Å². The van der Waals surface area contributed by atoms with E-state index in [9.17, 15) is 9.90 Å². The number of aliphatic hydroxyl groups excluding tert-OH is 1. The van der Waals surface area contributed by atoms with Gasteiger partial charge < -0.3 is 23.8 Å². The summed E-state index contributed by atoms with van der Waals surface area (Å²) in [4.78, 5) is 24.2. The van der Waals surface area contributed by atoms with E-state index in [-0.39, 0.29) is 24.5 Å². The molecule has 4 heterocycles. The van der Waals surface area contributed by atoms with Crippen molar-refractivity contribution in [2.45, 2.75) is 31.3 Å². The predicted molar refractivity (Wildman–Crippen MR) is 110 cm³/mol. The third kappa shape index (κ3) is 3.46. The molecular weight excluding hydrogens is 424 g/mol. The van der Waals surface area contributed by atoms with Gasteiger partial charge >= 0.3 is 0 Å². The number of rotatable bonds is 4. The van der Waals surface area contributed by atoms with E-state index in [1.165, 1.54) is 23.2 Å². The Morgan fingerprint density at radius 2 is 2.00 bits per heavy atom. The second-order valence-electron chi connectivity index (χ2n) is 7.77. The van der Waals surface area contributed by atoms with Gasteiger partial charge in [0.2, 0.25) is 12.2 Å². The van der Waals surface area contributed by atoms with Crippen LogP contribution in [0.3, 0.4) is 0 Å². The van der Waals surface area contributed by atoms with Gasteiger partial charge in [-0.3, -0.25) is 9.69 Å². The smallest absolute Gasteiger partial charge is 0.277 e. The highest BCUT2D eigenvalue weighted by Crippen LogP contribution is 2.37. The Kier molecular flexibility index (Phi) is 4.92. The molecule has 31 heavy (non-hydrogen) atoms. The average Bonchev–Trinajstić information content (AvgIpc) is 3.51. The molecule has 0 aliphatic carbocycles. The molecule has 2 aliphatic heterocycles. The first kappa shape index (κ1) is 20.0. The lowest BCUT2D eigenvalue weighted by atomic mass is 10.0. The zero-order chi connectivity index (χ0) is 21.7. The number of benzene rings is 1. The van der Waals surface area contributed by atoms with Crippen LogP contribution in [0.2, 0.25) is 5.02 Å². The summed E-state index contributed by atoms with van der Waals surface area (Å²) in [6.07, 6.45) is 1.17. The molecule has 0 bridgehead atoms. The van der Waals surface area contributed by atoms with Gasteiger partial charge in [-0.15, -0.1) is 0 Å². The van der Waals surface area contributed by atoms with E-state index in [0.29, 0.717) is 34.9 Å². The third-order valence-corrected chi connectivity index (χ3v) is 6.01. The lowest BCUT2D eigenvalue weighted by molar-refractivity contribution is 0.0152. The van der Waals surface area contributed by atoms with Gasteiger partial charge in [0.1, 0.15) is 6.54 Å². The van der Waals surface area contributed by atoms with Crippen molar-refractivity contribution in [1.29, 1.82) is 0 Å². The molecule has 11 heteroatoms. The van der Waals surface area contributed by atoms with Crippen LogP contribution in [-0.4, -0.2) is 62.7 Å². The number of fused-ring (bicyclic) bond motifs is 1. The van der Waals surface area contributed by atoms with E-state index >= 15 is 0 Å². The zero-order valence-electron chi connectivity index (χ0n) is 17.0. The molecule has 1 fully saturated rings. The van der Waals surface area contributed by atoms with Crippen LogP contribution in [0.25, 0.3) is 0 Å². The normalized spacial score (nSPS) is 23.5. The summed E-state index contributed by atoms with van der Waals surface area (Å²) in [5, 5.41) is 14.9. The Hall–Kier alpha value is -2.95. The SMILES string of the molecule is CN1C(=O)c2c(ncn2Cc2nc([C@@H]3CO[C@@H](c4ccc(Cl)cc4)C3)no2)N(C)C1O. The zero-order valence-corrected chi connectivity index (χ0v) is 17.7. The number of aliphatic hydroxyl groups is 1. The molecule has 3 aromatic rings. The monoisotopic (exact) mass is 444 g/mol. The third-order valence-electron chi connectivity index (χ3n) is 5.76. The molecule has 162 valence electrons. The van der Waals surface area contributed by atoms with Crippen molar-refractivity contribution in [3.05, 3.63) is 58.6 Å². The first-order valence-electron chi connectivity index (χ1n) is 9.85. The molecule has 0 saturated carbocycles. The number of anilines is 1. The number of ether oxygens (including phenoxy) is 1. The summed E-state index contributed by atoms with van der Waals surface area (Å²) in [5.74, 6) is 1.05. The molecule has 2 aliphatic rings. The van der Waals surface area contributed by atoms with E-state index in [0.717, 1.165) is 12.0 Å². The highest BCUT2D eigenvalue weighted by atomic mass is 35.5. The molecule has 1 saturated heterocycles. The topological polar surface area (TPSA) is 110 Å². The van der Waals surface area contributed by atoms with Crippen LogP contribution >= 0.6 is 11.6 Å². The fourth-order valence-corrected chi connectivity index (χ4v) is 4.10. The second kappa shape index (κ2) is 7.63. The largest absolute Gasteiger partial charge is 0.373 e. The summed E-state index contributed by atoms with van der Waals surface area (Å²) >= 11 is 5.96. The Balaban J connectivity index is 1.31. The summed E-state index contributed by atoms with van der Waals surface area (Å²) in [6.45, 7) is 0.700. The van der Waals surface area contributed by atoms with Crippen LogP contribution in [0.15, 0.2) is 35.1 Å². The van der Waals surface area contributed by atoms with E-state index in [2.05, 4.69) is 15.1 Å². The number of amides is 1. The van der Waals surface area contributed by atoms with Crippen LogP contribution < -0.4 is 4.90 Å². The quantitative estimate of drug-likeness (QED) is 0.650. The molecule has 5 rings (SSSR count). The Morgan fingerprint density at radius 1 is 1.23 bits per heavy atom. The average molecular weight is 445 g/mol. The van der Waals surface area contributed by atoms with Crippen LogP contribution in [-0.2, 0) is 11.3 Å². The standard InChI is InChI=1S/C20H21ClN6O4/c1-25-18-16(19(28)26(2)20(25)29)27(10-22-18)8-15-23-17(24-31-15)12-7-14(30-9-12)11-3-5-13(21)6-4-11/h3-6,10,12,14,20,29H,7-9H2,1-2H3/t12-,14+,20?/m0/s1. The van der Waals surface area contributed by atoms with Crippen molar-refractivity contribution >= 4 is 23.3 Å². The minimum Gasteiger partial charge on any atom is -0.373 e. The maximum Gasteiger partial charge on any atom is 0.277 e. The Morgan fingerprint density at radius 3 is 2.77 bits per heavy atom. The minimum absolute atomic E-state index is 0.0175. The molecule has 1 aromatic carbocycles. The molecule has 1 unspecified atom stereocenters. The van der Waals surface area contributed by atoms with Crippen molar-refractivity contribution in [2.75, 3.05) is 25.6 Å². The molecule has 1 amide bonds. The van der Waals surface area contributed by atoms with Gasteiger partial charge in [0.15, 0.2) is 17.3 Å². The number of imidazole rings is 1. The summed E-state index contributed by atoms with van der Waals surface area (Å²) in [6, 6.07) is 7.62. The number of nitrogens with zero attached hydrogens (tertiary/aromatic N) is 6. The molecule has 0 radical (unpaired) electrons. The van der Waals surface area contributed by atoms with Gasteiger partial charge in [-0.2, -0.15) is 4.98 Å². The van der Waals surface area contributed by atoms with Gasteiger partial charge in [-0.1, -0.05) is 28.9 Å². The van der Waals surface area contributed by atoms with E-state index in [4.69, 9.17) is 20.9 Å². The predicted octanol–water partition coefficient (Wildman–Crippen LogP) is 2.01. The number of hydrogen-bond donors (Lipinski definition) is 1. The van der Waals surface area contributed by atoms with Gasteiger partial charge in [0.05, 0.1) is 19.0 Å². The fraction of sp³-hybridized carbons (Fsp3) is 0.400. The van der Waals surface area contributed by atoms with Crippen molar-refractivity contribution in [3.8, 4) is 0 Å². The van der Waals surface area contributed by atoms with Gasteiger partial charge in [-0.05, 0) is 24.1 Å². The van der Waals surface area contributed by atoms with Crippen molar-refractivity contribution in [2.24, 2.45) is 0 Å². The van der Waals surface area contributed by atoms with Gasteiger partial charge in [-0.25, -0.2) is 4.98 Å². The maximum atomic E-state index is 12.6. The number of carbonyl (C=O) groups is 1. The first-order chi connectivity index (χ1) is 14.9. The molecule has 10 nitrogen and oxygen atoms in total. The van der Waals surface area contributed by atoms with Gasteiger partial charge in [0.25, 0.3) is 5.91 Å². The number of halogens is 1. The molecule has 1 N–H and O–H groups in total. The summed E-state index contributed by atoms with van der Waals surface area (Å²) < 4.78 is 13.0. The number of hydrogen-bond acceptors (Lipinski definition) is 8. The molecule has 2 aromatic heterocycles. The van der Waals surface area contributed by atoms with Crippen LogP contribution in [0.1, 0.15) is 46.2 Å². The van der Waals surface area contributed by atoms with Gasteiger partial charge in [0, 0.05) is 25.0 Å². The van der Waals surface area contributed by atoms with E-state index in [1.54, 1.807) is 11.6 Å². The van der Waals surface area contributed by atoms with Crippen molar-refractivity contribution in [1.82, 2.24) is 24.6 Å². The number of carbonyl (C=O) groups excluding carboxylic acids is 1. The lowest BCUT2D eigenvalue weighted by Gasteiger charge is -2.36. The Labute approximate surface area is 183 Å². The van der Waals surface area contributed by atoms with Crippen molar-refractivity contribution < 1.29 is 19.2 Å². The van der Waals surface area contributed by atoms with Crippen LogP contribution in [0, 0.1) is 0 Å². The molecule has 0 spiro atoms. The Bertz CT molecular complexity index is 1110. The molecular formula is C20H21ClN6O4. The highest BCUT2D eigenvalue weighted by molar-refractivity contribution is 6.30. The first-order valence-corrected chi connectivity index (χ1v) is 10.2. The van der Waals surface area contributed by atoms with Crippen LogP contribution in [0.4, 0.5) is 5.82 Å². The van der Waals surface area contributed by atoms with Crippen molar-refractivity contribution in [3.63, 3.8) is 0 Å². The fourth-order valence-electron chi connectivity index (χ4n) is 3.97. The minimum atomic E-state index is -1.06. The number of aromatic nitrogens is 4. The van der Waals surface area contributed by atoms with Crippen LogP contribution in [0.5, 0.6) is 0 Å². The lowest BCUT2D eigenvalue weighted by Crippen LogP contribution is -2.52. The summed E-state index contributed by atoms with van der Waals surface area (Å²) in [5.41, 5.74) is 1.43. The second-order valence-corrected chi connectivity index (χ2v) is 8.21. The molecule has 3 atom stereocenters. The maximum absolute atomic E-state index is 12.6. The van der Waals surface area contributed by atoms with E-state index < -0.39 is 6.35 Å². The highest BCUT2D eigenvalue weighted by Gasteiger charge is 2.37. The summed E-state index contributed by atoms with van der Waals surface area (Å²) in [7, 11) is 3.21.